The van der Waals surface area contributed by atoms with E-state index >= 15 is 0 Å². The van der Waals surface area contributed by atoms with Crippen LogP contribution in [0.2, 0.25) is 0 Å². The van der Waals surface area contributed by atoms with E-state index in [0.29, 0.717) is 0 Å². The van der Waals surface area contributed by atoms with E-state index in [2.05, 4.69) is 177 Å². The number of benzene rings is 6. The lowest BCUT2D eigenvalue weighted by atomic mass is 9.65. The summed E-state index contributed by atoms with van der Waals surface area (Å²) < 4.78 is 0. The minimum Gasteiger partial charge on any atom is -0.355 e. The number of allylic oxidation sites excluding steroid dienone is 4. The number of nitrogens with one attached hydrogen (secondary N) is 1. The largest absolute Gasteiger partial charge is 0.355 e. The Morgan fingerprint density at radius 2 is 1.06 bits per heavy atom. The molecule has 3 aliphatic rings. The Balaban J connectivity index is 1.16. The standard InChI is InChI=1S/C46H37N/c1-45(2)40-23-10-6-22-38(40)39-30-34(27-28-41(39)45)47-44-26-13-9-19-35(44)31-15-14-18-33(29-31)46(32-16-4-3-5-17-32)42-24-11-7-20-36(42)37-21-8-12-25-43(37)46/h3-13,16-30,47H,14-15H2,1-2H3. The molecule has 0 atom stereocenters. The lowest BCUT2D eigenvalue weighted by Gasteiger charge is -2.36. The molecule has 0 spiro atoms. The molecule has 0 saturated heterocycles. The van der Waals surface area contributed by atoms with Crippen LogP contribution in [-0.4, -0.2) is 0 Å². The van der Waals surface area contributed by atoms with Crippen LogP contribution >= 0.6 is 0 Å². The molecule has 47 heavy (non-hydrogen) atoms. The molecule has 1 N–H and O–H groups in total. The molecule has 0 amide bonds. The molecule has 0 bridgehead atoms. The molecule has 6 aromatic carbocycles. The maximum absolute atomic E-state index is 3.85. The number of anilines is 2. The summed E-state index contributed by atoms with van der Waals surface area (Å²) in [6.07, 6.45) is 6.99. The highest BCUT2D eigenvalue weighted by atomic mass is 14.9. The number of hydrogen-bond donors (Lipinski definition) is 1. The summed E-state index contributed by atoms with van der Waals surface area (Å²) in [6.45, 7) is 4.67. The Labute approximate surface area is 278 Å². The summed E-state index contributed by atoms with van der Waals surface area (Å²) in [4.78, 5) is 0. The third-order valence-electron chi connectivity index (χ3n) is 10.8. The smallest absolute Gasteiger partial charge is 0.0710 e. The van der Waals surface area contributed by atoms with E-state index in [1.807, 2.05) is 0 Å². The van der Waals surface area contributed by atoms with Crippen molar-refractivity contribution < 1.29 is 0 Å². The third-order valence-corrected chi connectivity index (χ3v) is 10.8. The van der Waals surface area contributed by atoms with Gasteiger partial charge in [0.15, 0.2) is 0 Å². The van der Waals surface area contributed by atoms with Crippen molar-refractivity contribution in [3.05, 3.63) is 197 Å². The van der Waals surface area contributed by atoms with Gasteiger partial charge >= 0.3 is 0 Å². The van der Waals surface area contributed by atoms with E-state index in [1.165, 1.54) is 66.8 Å². The van der Waals surface area contributed by atoms with Gasteiger partial charge in [0.05, 0.1) is 5.41 Å². The van der Waals surface area contributed by atoms with Crippen molar-refractivity contribution in [1.29, 1.82) is 0 Å². The second-order valence-corrected chi connectivity index (χ2v) is 13.7. The first-order valence-electron chi connectivity index (χ1n) is 16.8. The van der Waals surface area contributed by atoms with Crippen molar-refractivity contribution in [3.8, 4) is 22.3 Å². The van der Waals surface area contributed by atoms with Crippen molar-refractivity contribution in [1.82, 2.24) is 0 Å². The van der Waals surface area contributed by atoms with Crippen molar-refractivity contribution in [2.45, 2.75) is 37.5 Å². The van der Waals surface area contributed by atoms with E-state index < -0.39 is 0 Å². The first-order valence-corrected chi connectivity index (χ1v) is 16.8. The van der Waals surface area contributed by atoms with E-state index in [9.17, 15) is 0 Å². The summed E-state index contributed by atoms with van der Waals surface area (Å²) in [6, 6.07) is 53.7. The maximum atomic E-state index is 3.85. The molecule has 6 aromatic rings. The summed E-state index contributed by atoms with van der Waals surface area (Å²) in [5.41, 5.74) is 18.1. The monoisotopic (exact) mass is 603 g/mol. The van der Waals surface area contributed by atoms with Gasteiger partial charge in [-0.1, -0.05) is 153 Å². The van der Waals surface area contributed by atoms with Gasteiger partial charge in [0.25, 0.3) is 0 Å². The van der Waals surface area contributed by atoms with E-state index in [-0.39, 0.29) is 10.8 Å². The molecular weight excluding hydrogens is 567 g/mol. The summed E-state index contributed by atoms with van der Waals surface area (Å²) in [5, 5.41) is 3.85. The van der Waals surface area contributed by atoms with Crippen molar-refractivity contribution in [2.75, 3.05) is 5.32 Å². The number of para-hydroxylation sites is 1. The first-order chi connectivity index (χ1) is 23.1. The fourth-order valence-electron chi connectivity index (χ4n) is 8.71. The van der Waals surface area contributed by atoms with Crippen LogP contribution in [-0.2, 0) is 10.8 Å². The highest BCUT2D eigenvalue weighted by Gasteiger charge is 2.47. The van der Waals surface area contributed by atoms with Crippen LogP contribution in [0, 0.1) is 0 Å². The predicted octanol–water partition coefficient (Wildman–Crippen LogP) is 11.9. The Hall–Kier alpha value is -5.40. The quantitative estimate of drug-likeness (QED) is 0.207. The Morgan fingerprint density at radius 3 is 1.77 bits per heavy atom. The van der Waals surface area contributed by atoms with Crippen LogP contribution in [0.5, 0.6) is 0 Å². The molecule has 0 radical (unpaired) electrons. The fraction of sp³-hybridized carbons (Fsp3) is 0.130. The van der Waals surface area contributed by atoms with Gasteiger partial charge in [-0.3, -0.25) is 0 Å². The normalized spacial score (nSPS) is 16.3. The summed E-state index contributed by atoms with van der Waals surface area (Å²) in [5.74, 6) is 0. The van der Waals surface area contributed by atoms with E-state index in [4.69, 9.17) is 0 Å². The molecule has 226 valence electrons. The van der Waals surface area contributed by atoms with Gasteiger partial charge in [-0.2, -0.15) is 0 Å². The first kappa shape index (κ1) is 27.9. The lowest BCUT2D eigenvalue weighted by Crippen LogP contribution is -2.29. The van der Waals surface area contributed by atoms with Gasteiger partial charge in [0.2, 0.25) is 0 Å². The zero-order chi connectivity index (χ0) is 31.6. The van der Waals surface area contributed by atoms with Crippen molar-refractivity contribution >= 4 is 16.9 Å². The van der Waals surface area contributed by atoms with Gasteiger partial charge in [-0.25, -0.2) is 0 Å². The number of rotatable bonds is 5. The van der Waals surface area contributed by atoms with Crippen molar-refractivity contribution in [2.24, 2.45) is 0 Å². The third kappa shape index (κ3) is 4.09. The maximum Gasteiger partial charge on any atom is 0.0710 e. The molecule has 0 unspecified atom stereocenters. The molecule has 1 heteroatoms. The van der Waals surface area contributed by atoms with Crippen LogP contribution in [0.4, 0.5) is 11.4 Å². The highest BCUT2D eigenvalue weighted by Crippen LogP contribution is 2.57. The predicted molar refractivity (Wildman–Crippen MR) is 197 cm³/mol. The molecule has 0 aromatic heterocycles. The molecule has 0 saturated carbocycles. The highest BCUT2D eigenvalue weighted by molar-refractivity contribution is 5.90. The lowest BCUT2D eigenvalue weighted by molar-refractivity contribution is 0.660. The molecular formula is C46H37N. The molecule has 0 fully saturated rings. The zero-order valence-electron chi connectivity index (χ0n) is 26.9. The average molecular weight is 604 g/mol. The second-order valence-electron chi connectivity index (χ2n) is 13.7. The van der Waals surface area contributed by atoms with Crippen molar-refractivity contribution in [3.63, 3.8) is 0 Å². The SMILES string of the molecule is CC1(C)c2ccccc2-c2cc(Nc3ccccc3C3=CC(C4(c5ccccc5)c5ccccc5-c5ccccc54)=CCC3)ccc21. The fourth-order valence-corrected chi connectivity index (χ4v) is 8.71. The molecule has 0 heterocycles. The van der Waals surface area contributed by atoms with E-state index in [0.717, 1.165) is 24.2 Å². The van der Waals surface area contributed by atoms with E-state index in [1.54, 1.807) is 0 Å². The Morgan fingerprint density at radius 1 is 0.511 bits per heavy atom. The van der Waals surface area contributed by atoms with Crippen LogP contribution in [0.1, 0.15) is 60.1 Å². The van der Waals surface area contributed by atoms with Gasteiger partial charge in [0, 0.05) is 22.4 Å². The number of hydrogen-bond acceptors (Lipinski definition) is 1. The second kappa shape index (κ2) is 10.6. The van der Waals surface area contributed by atoms with Gasteiger partial charge in [-0.05, 0) is 92.3 Å². The van der Waals surface area contributed by atoms with Gasteiger partial charge in [0.1, 0.15) is 0 Å². The van der Waals surface area contributed by atoms with Crippen LogP contribution in [0.3, 0.4) is 0 Å². The van der Waals surface area contributed by atoms with Crippen LogP contribution < -0.4 is 5.32 Å². The van der Waals surface area contributed by atoms with Crippen LogP contribution in [0.15, 0.2) is 163 Å². The minimum absolute atomic E-state index is 0.00416. The summed E-state index contributed by atoms with van der Waals surface area (Å²) >= 11 is 0. The molecule has 3 aliphatic carbocycles. The number of fused-ring (bicyclic) bond motifs is 6. The van der Waals surface area contributed by atoms with Crippen LogP contribution in [0.25, 0.3) is 27.8 Å². The van der Waals surface area contributed by atoms with Gasteiger partial charge in [-0.15, -0.1) is 0 Å². The summed E-state index contributed by atoms with van der Waals surface area (Å²) in [7, 11) is 0. The topological polar surface area (TPSA) is 12.0 Å². The Bertz CT molecular complexity index is 2200. The Kier molecular flexibility index (Phi) is 6.27. The minimum atomic E-state index is -0.372. The molecule has 1 nitrogen and oxygen atoms in total. The van der Waals surface area contributed by atoms with Gasteiger partial charge < -0.3 is 5.32 Å². The molecule has 0 aliphatic heterocycles. The average Bonchev–Trinajstić information content (AvgIpc) is 3.55. The zero-order valence-corrected chi connectivity index (χ0v) is 26.9. The molecule has 9 rings (SSSR count).